The van der Waals surface area contributed by atoms with Crippen LogP contribution in [0.3, 0.4) is 0 Å². The number of hydrogen-bond donors (Lipinski definition) is 0. The number of Topliss-reactive ketones (excluding diaryl/α,β-unsaturated/α-hetero) is 1. The minimum Gasteiger partial charge on any atom is -0.300 e. The molecular weight excluding hydrogens is 232 g/mol. The number of carbonyl (C=O) groups excluding carboxylic acids is 1. The molecule has 0 saturated heterocycles. The van der Waals surface area contributed by atoms with Crippen LogP contribution in [0.25, 0.3) is 0 Å². The molecule has 1 nitrogen and oxygen atoms in total. The van der Waals surface area contributed by atoms with E-state index >= 15 is 0 Å². The summed E-state index contributed by atoms with van der Waals surface area (Å²) in [6.45, 7) is 6.91. The summed E-state index contributed by atoms with van der Waals surface area (Å²) < 4.78 is 0. The molecule has 0 aliphatic heterocycles. The molecule has 0 heterocycles. The molecule has 2 aliphatic rings. The molecule has 0 aromatic heterocycles. The molecule has 0 unspecified atom stereocenters. The first-order valence-corrected chi connectivity index (χ1v) is 7.82. The molecule has 0 spiro atoms. The highest BCUT2D eigenvalue weighted by atomic mass is 16.1. The third-order valence-corrected chi connectivity index (χ3v) is 5.27. The van der Waals surface area contributed by atoms with Crippen LogP contribution in [-0.4, -0.2) is 5.78 Å². The molecule has 0 bridgehead atoms. The lowest BCUT2D eigenvalue weighted by atomic mass is 9.63. The molecule has 0 amide bonds. The van der Waals surface area contributed by atoms with Gasteiger partial charge in [0.25, 0.3) is 0 Å². The van der Waals surface area contributed by atoms with Crippen molar-refractivity contribution in [3.8, 4) is 0 Å². The minimum absolute atomic E-state index is 0.347. The molecule has 2 rings (SSSR count). The van der Waals surface area contributed by atoms with Gasteiger partial charge in [0.05, 0.1) is 0 Å². The van der Waals surface area contributed by atoms with Crippen LogP contribution in [-0.2, 0) is 4.79 Å². The fraction of sp³-hybridized carbons (Fsp3) is 0.722. The SMILES string of the molecule is C/C1=C\C[C@]2(C)CCC(=O)C[C@H]2CC/C(C)=C/CC1. The van der Waals surface area contributed by atoms with Crippen molar-refractivity contribution < 1.29 is 4.79 Å². The monoisotopic (exact) mass is 260 g/mol. The number of ketones is 1. The van der Waals surface area contributed by atoms with Crippen molar-refractivity contribution in [2.24, 2.45) is 11.3 Å². The highest BCUT2D eigenvalue weighted by Gasteiger charge is 2.38. The maximum atomic E-state index is 11.8. The van der Waals surface area contributed by atoms with E-state index in [2.05, 4.69) is 32.9 Å². The summed E-state index contributed by atoms with van der Waals surface area (Å²) >= 11 is 0. The Morgan fingerprint density at radius 1 is 1.11 bits per heavy atom. The van der Waals surface area contributed by atoms with Gasteiger partial charge in [-0.15, -0.1) is 0 Å². The van der Waals surface area contributed by atoms with Crippen LogP contribution >= 0.6 is 0 Å². The molecule has 106 valence electrons. The Hall–Kier alpha value is -0.850. The Kier molecular flexibility index (Phi) is 4.65. The van der Waals surface area contributed by atoms with Crippen LogP contribution in [0.5, 0.6) is 0 Å². The molecule has 1 saturated carbocycles. The Morgan fingerprint density at radius 3 is 2.63 bits per heavy atom. The number of hydrogen-bond acceptors (Lipinski definition) is 1. The normalized spacial score (nSPS) is 39.3. The Labute approximate surface area is 118 Å². The van der Waals surface area contributed by atoms with Crippen LogP contribution in [0.15, 0.2) is 23.3 Å². The molecule has 0 radical (unpaired) electrons. The summed E-state index contributed by atoms with van der Waals surface area (Å²) in [5.74, 6) is 1.07. The zero-order valence-corrected chi connectivity index (χ0v) is 12.8. The van der Waals surface area contributed by atoms with Crippen LogP contribution in [0.1, 0.15) is 72.1 Å². The molecule has 1 heteroatoms. The third-order valence-electron chi connectivity index (χ3n) is 5.27. The standard InChI is InChI=1S/C18H28O/c1-14-5-4-6-15(2)9-11-18(3)12-10-17(19)13-16(18)8-7-14/h5,9,16H,4,6-8,10-13H2,1-3H3/b14-5+,15-9+/t16-,18-/m1/s1. The van der Waals surface area contributed by atoms with Gasteiger partial charge >= 0.3 is 0 Å². The maximum Gasteiger partial charge on any atom is 0.133 e. The van der Waals surface area contributed by atoms with Crippen molar-refractivity contribution >= 4 is 5.78 Å². The molecule has 19 heavy (non-hydrogen) atoms. The predicted molar refractivity (Wildman–Crippen MR) is 81.1 cm³/mol. The quantitative estimate of drug-likeness (QED) is 0.546. The smallest absolute Gasteiger partial charge is 0.133 e. The van der Waals surface area contributed by atoms with Gasteiger partial charge in [0.1, 0.15) is 5.78 Å². The van der Waals surface area contributed by atoms with Gasteiger partial charge in [0.2, 0.25) is 0 Å². The summed E-state index contributed by atoms with van der Waals surface area (Å²) in [7, 11) is 0. The fourth-order valence-electron chi connectivity index (χ4n) is 3.53. The molecule has 0 aromatic carbocycles. The topological polar surface area (TPSA) is 17.1 Å². The van der Waals surface area contributed by atoms with Crippen LogP contribution in [0, 0.1) is 11.3 Å². The average molecular weight is 260 g/mol. The number of carbonyl (C=O) groups is 1. The summed E-state index contributed by atoms with van der Waals surface area (Å²) in [4.78, 5) is 11.8. The van der Waals surface area contributed by atoms with Crippen molar-refractivity contribution in [3.05, 3.63) is 23.3 Å². The second kappa shape index (κ2) is 6.07. The second-order valence-corrected chi connectivity index (χ2v) is 6.98. The van der Waals surface area contributed by atoms with E-state index in [1.54, 1.807) is 0 Å². The summed E-state index contributed by atoms with van der Waals surface area (Å²) in [6.07, 6.45) is 13.4. The highest BCUT2D eigenvalue weighted by molar-refractivity contribution is 5.79. The van der Waals surface area contributed by atoms with Crippen molar-refractivity contribution in [1.29, 1.82) is 0 Å². The molecule has 0 N–H and O–H groups in total. The molecule has 2 aliphatic carbocycles. The van der Waals surface area contributed by atoms with Gasteiger partial charge in [-0.1, -0.05) is 30.2 Å². The van der Waals surface area contributed by atoms with E-state index < -0.39 is 0 Å². The van der Waals surface area contributed by atoms with Crippen molar-refractivity contribution in [2.45, 2.75) is 72.1 Å². The molecule has 1 fully saturated rings. The number of rotatable bonds is 0. The van der Waals surface area contributed by atoms with Gasteiger partial charge in [-0.25, -0.2) is 0 Å². The fourth-order valence-corrected chi connectivity index (χ4v) is 3.53. The third kappa shape index (κ3) is 3.81. The lowest BCUT2D eigenvalue weighted by Crippen LogP contribution is -2.34. The van der Waals surface area contributed by atoms with E-state index in [9.17, 15) is 4.79 Å². The number of fused-ring (bicyclic) bond motifs is 1. The van der Waals surface area contributed by atoms with E-state index in [1.165, 1.54) is 36.8 Å². The minimum atomic E-state index is 0.347. The predicted octanol–water partition coefficient (Wildman–Crippen LogP) is 5.22. The van der Waals surface area contributed by atoms with Crippen molar-refractivity contribution in [1.82, 2.24) is 0 Å². The zero-order chi connectivity index (χ0) is 13.9. The Balaban J connectivity index is 2.20. The van der Waals surface area contributed by atoms with Gasteiger partial charge in [-0.2, -0.15) is 0 Å². The number of allylic oxidation sites excluding steroid dienone is 4. The first-order chi connectivity index (χ1) is 8.99. The van der Waals surface area contributed by atoms with Gasteiger partial charge in [0.15, 0.2) is 0 Å². The van der Waals surface area contributed by atoms with Crippen LogP contribution in [0.2, 0.25) is 0 Å². The largest absolute Gasteiger partial charge is 0.300 e. The lowest BCUT2D eigenvalue weighted by molar-refractivity contribution is -0.124. The van der Waals surface area contributed by atoms with E-state index in [-0.39, 0.29) is 0 Å². The second-order valence-electron chi connectivity index (χ2n) is 6.98. The van der Waals surface area contributed by atoms with Gasteiger partial charge in [-0.05, 0) is 63.7 Å². The van der Waals surface area contributed by atoms with Gasteiger partial charge < -0.3 is 0 Å². The molecule has 2 atom stereocenters. The Bertz CT molecular complexity index is 402. The lowest BCUT2D eigenvalue weighted by Gasteiger charge is -2.41. The first-order valence-electron chi connectivity index (χ1n) is 7.82. The maximum absolute atomic E-state index is 11.8. The van der Waals surface area contributed by atoms with Crippen molar-refractivity contribution in [2.75, 3.05) is 0 Å². The van der Waals surface area contributed by atoms with Gasteiger partial charge in [-0.3, -0.25) is 4.79 Å². The van der Waals surface area contributed by atoms with Crippen molar-refractivity contribution in [3.63, 3.8) is 0 Å². The van der Waals surface area contributed by atoms with Crippen LogP contribution < -0.4 is 0 Å². The van der Waals surface area contributed by atoms with Gasteiger partial charge in [0, 0.05) is 12.8 Å². The summed E-state index contributed by atoms with van der Waals surface area (Å²) in [5.41, 5.74) is 3.37. The van der Waals surface area contributed by atoms with E-state index in [4.69, 9.17) is 0 Å². The van der Waals surface area contributed by atoms with E-state index in [0.717, 1.165) is 25.7 Å². The summed E-state index contributed by atoms with van der Waals surface area (Å²) in [5, 5.41) is 0. The van der Waals surface area contributed by atoms with E-state index in [0.29, 0.717) is 17.1 Å². The molecular formula is C18H28O. The average Bonchev–Trinajstić information content (AvgIpc) is 2.39. The first kappa shape index (κ1) is 14.6. The Morgan fingerprint density at radius 2 is 1.84 bits per heavy atom. The summed E-state index contributed by atoms with van der Waals surface area (Å²) in [6, 6.07) is 0. The van der Waals surface area contributed by atoms with Crippen LogP contribution in [0.4, 0.5) is 0 Å². The van der Waals surface area contributed by atoms with E-state index in [1.807, 2.05) is 0 Å². The highest BCUT2D eigenvalue weighted by Crippen LogP contribution is 2.45. The molecule has 0 aromatic rings. The zero-order valence-electron chi connectivity index (χ0n) is 12.8.